The van der Waals surface area contributed by atoms with Crippen molar-refractivity contribution in [3.8, 4) is 0 Å². The number of nitrogens with one attached hydrogen (secondary N) is 1. The van der Waals surface area contributed by atoms with E-state index in [-0.39, 0.29) is 0 Å². The van der Waals surface area contributed by atoms with E-state index in [1.54, 1.807) is 0 Å². The van der Waals surface area contributed by atoms with Crippen LogP contribution in [0, 0.1) is 6.92 Å². The van der Waals surface area contributed by atoms with Crippen molar-refractivity contribution in [3.63, 3.8) is 0 Å². The highest BCUT2D eigenvalue weighted by Crippen LogP contribution is 2.15. The Labute approximate surface area is 108 Å². The van der Waals surface area contributed by atoms with Crippen molar-refractivity contribution in [3.05, 3.63) is 21.9 Å². The molecule has 2 rings (SSSR count). The summed E-state index contributed by atoms with van der Waals surface area (Å²) in [6.45, 7) is 7.65. The van der Waals surface area contributed by atoms with Crippen molar-refractivity contribution < 1.29 is 4.74 Å². The highest BCUT2D eigenvalue weighted by atomic mass is 32.1. The molecule has 96 valence electrons. The van der Waals surface area contributed by atoms with Crippen molar-refractivity contribution in [1.29, 1.82) is 0 Å². The Hall–Kier alpha value is -0.420. The zero-order valence-electron chi connectivity index (χ0n) is 10.7. The first-order valence-corrected chi connectivity index (χ1v) is 7.16. The molecule has 1 aromatic heterocycles. The molecule has 0 spiro atoms. The van der Waals surface area contributed by atoms with E-state index in [1.165, 1.54) is 23.4 Å². The minimum absolute atomic E-state index is 0.453. The molecule has 0 amide bonds. The monoisotopic (exact) mass is 254 g/mol. The second kappa shape index (κ2) is 6.50. The number of ether oxygens (including phenoxy) is 1. The van der Waals surface area contributed by atoms with Crippen LogP contribution in [0.5, 0.6) is 0 Å². The molecule has 1 aliphatic rings. The van der Waals surface area contributed by atoms with Crippen LogP contribution in [0.3, 0.4) is 0 Å². The van der Waals surface area contributed by atoms with Crippen molar-refractivity contribution in [2.75, 3.05) is 33.3 Å². The number of methoxy groups -OCH3 is 1. The topological polar surface area (TPSA) is 24.5 Å². The highest BCUT2D eigenvalue weighted by molar-refractivity contribution is 7.10. The van der Waals surface area contributed by atoms with Gasteiger partial charge in [-0.15, -0.1) is 11.3 Å². The largest absolute Gasteiger partial charge is 0.380 e. The Morgan fingerprint density at radius 2 is 2.47 bits per heavy atom. The van der Waals surface area contributed by atoms with E-state index in [0.717, 1.165) is 26.2 Å². The van der Waals surface area contributed by atoms with Gasteiger partial charge in [-0.2, -0.15) is 0 Å². The first kappa shape index (κ1) is 13.0. The zero-order valence-corrected chi connectivity index (χ0v) is 11.6. The third-order valence-corrected chi connectivity index (χ3v) is 4.44. The summed E-state index contributed by atoms with van der Waals surface area (Å²) in [4.78, 5) is 3.93. The summed E-state index contributed by atoms with van der Waals surface area (Å²) in [5.74, 6) is 0. The molecule has 0 aliphatic carbocycles. The van der Waals surface area contributed by atoms with E-state index in [0.29, 0.717) is 6.10 Å². The predicted molar refractivity (Wildman–Crippen MR) is 72.6 cm³/mol. The fourth-order valence-electron chi connectivity index (χ4n) is 2.22. The van der Waals surface area contributed by atoms with Crippen LogP contribution in [-0.4, -0.2) is 44.3 Å². The Kier molecular flexibility index (Phi) is 4.98. The maximum Gasteiger partial charge on any atom is 0.0710 e. The number of aryl methyl sites for hydroxylation is 1. The summed E-state index contributed by atoms with van der Waals surface area (Å²) in [6, 6.07) is 2.19. The smallest absolute Gasteiger partial charge is 0.0710 e. The van der Waals surface area contributed by atoms with E-state index in [1.807, 2.05) is 18.4 Å². The lowest BCUT2D eigenvalue weighted by Crippen LogP contribution is -2.31. The molecule has 0 aromatic carbocycles. The third-order valence-electron chi connectivity index (χ3n) is 3.42. The molecule has 1 aliphatic heterocycles. The second-order valence-electron chi connectivity index (χ2n) is 4.65. The lowest BCUT2D eigenvalue weighted by Gasteiger charge is -2.15. The van der Waals surface area contributed by atoms with Crippen LogP contribution in [0.25, 0.3) is 0 Å². The Morgan fingerprint density at radius 1 is 1.59 bits per heavy atom. The van der Waals surface area contributed by atoms with E-state index in [4.69, 9.17) is 4.74 Å². The van der Waals surface area contributed by atoms with Gasteiger partial charge in [-0.1, -0.05) is 0 Å². The molecule has 0 saturated carbocycles. The van der Waals surface area contributed by atoms with Gasteiger partial charge >= 0.3 is 0 Å². The standard InChI is InChI=1S/C13H22N2OS/c1-11-4-8-17-13(11)9-14-5-7-15-6-3-12(10-15)16-2/h4,8,12,14H,3,5-7,9-10H2,1-2H3. The number of hydrogen-bond donors (Lipinski definition) is 1. The van der Waals surface area contributed by atoms with E-state index >= 15 is 0 Å². The van der Waals surface area contributed by atoms with Gasteiger partial charge in [0.05, 0.1) is 6.10 Å². The van der Waals surface area contributed by atoms with E-state index in [9.17, 15) is 0 Å². The summed E-state index contributed by atoms with van der Waals surface area (Å²) in [5.41, 5.74) is 1.41. The number of hydrogen-bond acceptors (Lipinski definition) is 4. The van der Waals surface area contributed by atoms with Gasteiger partial charge in [0, 0.05) is 44.7 Å². The van der Waals surface area contributed by atoms with Crippen LogP contribution >= 0.6 is 11.3 Å². The molecular formula is C13H22N2OS. The lowest BCUT2D eigenvalue weighted by molar-refractivity contribution is 0.108. The SMILES string of the molecule is COC1CCN(CCNCc2sccc2C)C1. The quantitative estimate of drug-likeness (QED) is 0.784. The maximum atomic E-state index is 5.36. The minimum atomic E-state index is 0.453. The van der Waals surface area contributed by atoms with Gasteiger partial charge in [0.1, 0.15) is 0 Å². The molecular weight excluding hydrogens is 232 g/mol. The molecule has 0 bridgehead atoms. The van der Waals surface area contributed by atoms with Crippen molar-refractivity contribution in [1.82, 2.24) is 10.2 Å². The van der Waals surface area contributed by atoms with Crippen LogP contribution in [-0.2, 0) is 11.3 Å². The van der Waals surface area contributed by atoms with Gasteiger partial charge in [-0.25, -0.2) is 0 Å². The molecule has 1 N–H and O–H groups in total. The average Bonchev–Trinajstić information content (AvgIpc) is 2.94. The number of rotatable bonds is 6. The highest BCUT2D eigenvalue weighted by Gasteiger charge is 2.20. The van der Waals surface area contributed by atoms with Gasteiger partial charge in [-0.3, -0.25) is 4.90 Å². The summed E-state index contributed by atoms with van der Waals surface area (Å²) < 4.78 is 5.36. The molecule has 4 heteroatoms. The van der Waals surface area contributed by atoms with Crippen molar-refractivity contribution in [2.45, 2.75) is 26.0 Å². The van der Waals surface area contributed by atoms with Crippen LogP contribution in [0.2, 0.25) is 0 Å². The molecule has 1 saturated heterocycles. The summed E-state index contributed by atoms with van der Waals surface area (Å²) in [6.07, 6.45) is 1.63. The fraction of sp³-hybridized carbons (Fsp3) is 0.692. The zero-order chi connectivity index (χ0) is 12.1. The molecule has 17 heavy (non-hydrogen) atoms. The molecule has 0 radical (unpaired) electrons. The van der Waals surface area contributed by atoms with Crippen molar-refractivity contribution >= 4 is 11.3 Å². The Bertz CT molecular complexity index is 340. The first-order chi connectivity index (χ1) is 8.29. The summed E-state index contributed by atoms with van der Waals surface area (Å²) >= 11 is 1.84. The molecule has 3 nitrogen and oxygen atoms in total. The number of nitrogens with zero attached hydrogens (tertiary/aromatic N) is 1. The van der Waals surface area contributed by atoms with Crippen molar-refractivity contribution in [2.24, 2.45) is 0 Å². The van der Waals surface area contributed by atoms with Crippen LogP contribution < -0.4 is 5.32 Å². The molecule has 1 atom stereocenters. The van der Waals surface area contributed by atoms with E-state index < -0.39 is 0 Å². The predicted octanol–water partition coefficient (Wildman–Crippen LogP) is 1.87. The van der Waals surface area contributed by atoms with Crippen LogP contribution in [0.15, 0.2) is 11.4 Å². The number of likely N-dealkylation sites (tertiary alicyclic amines) is 1. The second-order valence-corrected chi connectivity index (χ2v) is 5.65. The van der Waals surface area contributed by atoms with Crippen LogP contribution in [0.4, 0.5) is 0 Å². The first-order valence-electron chi connectivity index (χ1n) is 6.28. The van der Waals surface area contributed by atoms with E-state index in [2.05, 4.69) is 28.6 Å². The van der Waals surface area contributed by atoms with Gasteiger partial charge in [-0.05, 0) is 30.4 Å². The molecule has 1 fully saturated rings. The fourth-order valence-corrected chi connectivity index (χ4v) is 3.09. The third kappa shape index (κ3) is 3.78. The molecule has 1 unspecified atom stereocenters. The van der Waals surface area contributed by atoms with Gasteiger partial charge < -0.3 is 10.1 Å². The lowest BCUT2D eigenvalue weighted by atomic mass is 10.3. The average molecular weight is 254 g/mol. The van der Waals surface area contributed by atoms with Gasteiger partial charge in [0.2, 0.25) is 0 Å². The van der Waals surface area contributed by atoms with Gasteiger partial charge in [0.25, 0.3) is 0 Å². The molecule has 1 aromatic rings. The van der Waals surface area contributed by atoms with Crippen LogP contribution in [0.1, 0.15) is 16.9 Å². The summed E-state index contributed by atoms with van der Waals surface area (Å²) in [5, 5.41) is 5.68. The minimum Gasteiger partial charge on any atom is -0.380 e. The maximum absolute atomic E-state index is 5.36. The summed E-state index contributed by atoms with van der Waals surface area (Å²) in [7, 11) is 1.81. The number of thiophene rings is 1. The molecule has 2 heterocycles. The normalized spacial score (nSPS) is 21.2. The Balaban J connectivity index is 1.59. The van der Waals surface area contributed by atoms with Gasteiger partial charge in [0.15, 0.2) is 0 Å². The Morgan fingerprint density at radius 3 is 3.12 bits per heavy atom.